The van der Waals surface area contributed by atoms with Gasteiger partial charge in [-0.25, -0.2) is 0 Å². The Balaban J connectivity index is 1.31. The van der Waals surface area contributed by atoms with E-state index in [9.17, 15) is 19.7 Å². The van der Waals surface area contributed by atoms with Crippen molar-refractivity contribution in [1.82, 2.24) is 14.5 Å². The van der Waals surface area contributed by atoms with Gasteiger partial charge in [-0.1, -0.05) is 0 Å². The van der Waals surface area contributed by atoms with Crippen molar-refractivity contribution >= 4 is 22.5 Å². The Morgan fingerprint density at radius 1 is 1.09 bits per heavy atom. The lowest BCUT2D eigenvalue weighted by Gasteiger charge is -2.42. The van der Waals surface area contributed by atoms with E-state index in [4.69, 9.17) is 0 Å². The van der Waals surface area contributed by atoms with Crippen LogP contribution in [0.25, 0.3) is 10.9 Å². The molecule has 2 atom stereocenters. The van der Waals surface area contributed by atoms with Gasteiger partial charge >= 0.3 is 11.2 Å². The highest BCUT2D eigenvalue weighted by molar-refractivity contribution is 5.99. The molecule has 6 rings (SSSR count). The van der Waals surface area contributed by atoms with E-state index in [1.165, 1.54) is 30.2 Å². The molecule has 1 aliphatic carbocycles. The van der Waals surface area contributed by atoms with Crippen LogP contribution in [-0.4, -0.2) is 38.4 Å². The molecule has 4 heterocycles. The second-order valence-electron chi connectivity index (χ2n) is 9.37. The van der Waals surface area contributed by atoms with Crippen LogP contribution in [0.3, 0.4) is 0 Å². The molecule has 3 aromatic rings. The summed E-state index contributed by atoms with van der Waals surface area (Å²) in [4.78, 5) is 42.0. The molecular weight excluding hydrogens is 408 g/mol. The van der Waals surface area contributed by atoms with Gasteiger partial charge in [-0.2, -0.15) is 0 Å². The molecule has 32 heavy (non-hydrogen) atoms. The lowest BCUT2D eigenvalue weighted by molar-refractivity contribution is -0.386. The number of H-pyrrole nitrogens is 1. The topological polar surface area (TPSA) is 101 Å². The van der Waals surface area contributed by atoms with Crippen LogP contribution in [-0.2, 0) is 19.4 Å². The van der Waals surface area contributed by atoms with Gasteiger partial charge in [-0.3, -0.25) is 19.7 Å². The molecule has 3 aliphatic rings. The number of piperidine rings is 1. The molecule has 0 radical (unpaired) electrons. The zero-order chi connectivity index (χ0) is 22.0. The maximum atomic E-state index is 13.4. The number of carbonyl (C=O) groups excluding carboxylic acids is 1. The molecule has 1 amide bonds. The summed E-state index contributed by atoms with van der Waals surface area (Å²) >= 11 is 0. The van der Waals surface area contributed by atoms with E-state index in [2.05, 4.69) is 4.98 Å². The average Bonchev–Trinajstić information content (AvgIpc) is 3.17. The molecule has 1 N–H and O–H groups in total. The third kappa shape index (κ3) is 2.89. The van der Waals surface area contributed by atoms with Gasteiger partial charge in [0.1, 0.15) is 0 Å². The first-order chi connectivity index (χ1) is 15.5. The van der Waals surface area contributed by atoms with Gasteiger partial charge in [0.15, 0.2) is 0 Å². The number of hydrogen-bond donors (Lipinski definition) is 1. The number of nitro groups is 1. The van der Waals surface area contributed by atoms with E-state index in [0.717, 1.165) is 35.9 Å². The molecule has 164 valence electrons. The van der Waals surface area contributed by atoms with Crippen LogP contribution in [0.15, 0.2) is 35.1 Å². The summed E-state index contributed by atoms with van der Waals surface area (Å²) in [5.41, 5.74) is 4.33. The molecule has 0 spiro atoms. The number of carbonyl (C=O) groups is 1. The second kappa shape index (κ2) is 7.05. The molecular formula is C24H24N4O4. The van der Waals surface area contributed by atoms with E-state index in [-0.39, 0.29) is 23.4 Å². The Morgan fingerprint density at radius 3 is 2.78 bits per heavy atom. The summed E-state index contributed by atoms with van der Waals surface area (Å²) in [5, 5.41) is 12.3. The minimum Gasteiger partial charge on any atom is -0.358 e. The van der Waals surface area contributed by atoms with Crippen molar-refractivity contribution in [3.05, 3.63) is 73.3 Å². The Kier molecular flexibility index (Phi) is 4.25. The maximum Gasteiger partial charge on any atom is 0.334 e. The Bertz CT molecular complexity index is 1340. The highest BCUT2D eigenvalue weighted by atomic mass is 16.6. The number of amides is 1. The van der Waals surface area contributed by atoms with Gasteiger partial charge in [-0.15, -0.1) is 0 Å². The van der Waals surface area contributed by atoms with Crippen LogP contribution in [0.2, 0.25) is 0 Å². The quantitative estimate of drug-likeness (QED) is 0.495. The summed E-state index contributed by atoms with van der Waals surface area (Å²) in [5.74, 6) is 0.155. The zero-order valence-corrected chi connectivity index (χ0v) is 17.7. The predicted octanol–water partition coefficient (Wildman–Crippen LogP) is 3.38. The van der Waals surface area contributed by atoms with E-state index < -0.39 is 10.5 Å². The fourth-order valence-electron chi connectivity index (χ4n) is 5.96. The summed E-state index contributed by atoms with van der Waals surface area (Å²) in [6.07, 6.45) is 5.41. The average molecular weight is 432 g/mol. The molecule has 2 bridgehead atoms. The number of aryl methyl sites for hydroxylation is 2. The van der Waals surface area contributed by atoms with Gasteiger partial charge in [0.05, 0.1) is 4.92 Å². The van der Waals surface area contributed by atoms with Crippen LogP contribution in [0, 0.1) is 16.0 Å². The summed E-state index contributed by atoms with van der Waals surface area (Å²) < 4.78 is 1.55. The smallest absolute Gasteiger partial charge is 0.334 e. The Morgan fingerprint density at radius 2 is 1.94 bits per heavy atom. The first-order valence-corrected chi connectivity index (χ1v) is 11.3. The van der Waals surface area contributed by atoms with Gasteiger partial charge in [0.2, 0.25) is 0 Å². The first kappa shape index (κ1) is 19.3. The van der Waals surface area contributed by atoms with Crippen molar-refractivity contribution in [2.75, 3.05) is 13.1 Å². The van der Waals surface area contributed by atoms with Crippen LogP contribution in [0.1, 0.15) is 52.5 Å². The van der Waals surface area contributed by atoms with Crippen molar-refractivity contribution in [1.29, 1.82) is 0 Å². The molecule has 1 aromatic carbocycles. The minimum absolute atomic E-state index is 0.0173. The van der Waals surface area contributed by atoms with Gasteiger partial charge in [0, 0.05) is 59.5 Å². The van der Waals surface area contributed by atoms with Gasteiger partial charge in [0.25, 0.3) is 5.91 Å². The number of nitrogens with one attached hydrogen (secondary N) is 1. The highest BCUT2D eigenvalue weighted by Gasteiger charge is 2.38. The zero-order valence-electron chi connectivity index (χ0n) is 17.7. The van der Waals surface area contributed by atoms with Crippen molar-refractivity contribution < 1.29 is 9.72 Å². The fraction of sp³-hybridized carbons (Fsp3) is 0.417. The Labute approximate surface area is 184 Å². The number of fused-ring (bicyclic) bond motifs is 7. The van der Waals surface area contributed by atoms with Crippen molar-refractivity contribution in [3.8, 4) is 0 Å². The standard InChI is InChI=1S/C24H24N4O4/c29-23(15-5-6-20-18(10-15)17-3-1-2-4-19(17)25-20)26-11-14-9-16(13-26)21-7-8-22(28(31)32)24(30)27(21)12-14/h5-8,10,14,16,25H,1-4,9,11-13H2/t14-,16?/m0/s1. The summed E-state index contributed by atoms with van der Waals surface area (Å²) in [6, 6.07) is 8.94. The number of rotatable bonds is 2. The third-order valence-electron chi connectivity index (χ3n) is 7.41. The summed E-state index contributed by atoms with van der Waals surface area (Å²) in [7, 11) is 0. The normalized spacial score (nSPS) is 21.8. The molecule has 2 aliphatic heterocycles. The minimum atomic E-state index is -0.619. The third-order valence-corrected chi connectivity index (χ3v) is 7.41. The van der Waals surface area contributed by atoms with Gasteiger partial charge in [-0.05, 0) is 67.9 Å². The molecule has 2 aromatic heterocycles. The first-order valence-electron chi connectivity index (χ1n) is 11.3. The number of likely N-dealkylation sites (tertiary alicyclic amines) is 1. The van der Waals surface area contributed by atoms with Crippen molar-refractivity contribution in [3.63, 3.8) is 0 Å². The number of pyridine rings is 1. The molecule has 8 nitrogen and oxygen atoms in total. The molecule has 0 saturated carbocycles. The number of nitrogens with zero attached hydrogens (tertiary/aromatic N) is 3. The largest absolute Gasteiger partial charge is 0.358 e. The van der Waals surface area contributed by atoms with E-state index >= 15 is 0 Å². The maximum absolute atomic E-state index is 13.4. The van der Waals surface area contributed by atoms with Crippen LogP contribution >= 0.6 is 0 Å². The van der Waals surface area contributed by atoms with Crippen molar-refractivity contribution in [2.24, 2.45) is 5.92 Å². The summed E-state index contributed by atoms with van der Waals surface area (Å²) in [6.45, 7) is 1.50. The second-order valence-corrected chi connectivity index (χ2v) is 9.37. The molecule has 8 heteroatoms. The van der Waals surface area contributed by atoms with Gasteiger partial charge < -0.3 is 14.5 Å². The SMILES string of the molecule is O=C(c1ccc2[nH]c3c(c2c1)CCCC3)N1CC2C[C@@H](C1)Cn1c2ccc([N+](=O)[O-])c1=O. The monoisotopic (exact) mass is 432 g/mol. The van der Waals surface area contributed by atoms with E-state index in [1.807, 2.05) is 23.1 Å². The predicted molar refractivity (Wildman–Crippen MR) is 119 cm³/mol. The van der Waals surface area contributed by atoms with Crippen LogP contribution in [0.4, 0.5) is 5.69 Å². The lowest BCUT2D eigenvalue weighted by Crippen LogP contribution is -2.49. The number of benzene rings is 1. The fourth-order valence-corrected chi connectivity index (χ4v) is 5.96. The number of aromatic amines is 1. The molecule has 1 fully saturated rings. The van der Waals surface area contributed by atoms with Crippen LogP contribution < -0.4 is 5.56 Å². The molecule has 1 saturated heterocycles. The van der Waals surface area contributed by atoms with Crippen molar-refractivity contribution in [2.45, 2.75) is 44.6 Å². The number of hydrogen-bond acceptors (Lipinski definition) is 4. The molecule has 1 unspecified atom stereocenters. The van der Waals surface area contributed by atoms with E-state index in [0.29, 0.717) is 25.2 Å². The van der Waals surface area contributed by atoms with E-state index in [1.54, 1.807) is 10.6 Å². The van der Waals surface area contributed by atoms with Crippen LogP contribution in [0.5, 0.6) is 0 Å². The number of aromatic nitrogens is 2. The Hall–Kier alpha value is -3.42. The lowest BCUT2D eigenvalue weighted by atomic mass is 9.83. The highest BCUT2D eigenvalue weighted by Crippen LogP contribution is 2.36.